The molecule has 1 fully saturated rings. The lowest BCUT2D eigenvalue weighted by molar-refractivity contribution is -0.138. The van der Waals surface area contributed by atoms with E-state index in [4.69, 9.17) is 0 Å². The molecular weight excluding hydrogens is 428 g/mol. The molecule has 7 heteroatoms. The van der Waals surface area contributed by atoms with Gasteiger partial charge in [-0.1, -0.05) is 91.0 Å². The van der Waals surface area contributed by atoms with Crippen LogP contribution in [0.15, 0.2) is 91.0 Å². The van der Waals surface area contributed by atoms with Gasteiger partial charge in [0.05, 0.1) is 12.6 Å². The first-order chi connectivity index (χ1) is 16.5. The number of nitrogens with one attached hydrogen (secondary N) is 3. The van der Waals surface area contributed by atoms with Gasteiger partial charge in [-0.15, -0.1) is 0 Å². The number of carbonyl (C=O) groups excluding carboxylic acids is 3. The van der Waals surface area contributed by atoms with Gasteiger partial charge < -0.3 is 5.32 Å². The summed E-state index contributed by atoms with van der Waals surface area (Å²) in [5.41, 5.74) is 4.46. The Morgan fingerprint density at radius 3 is 1.97 bits per heavy atom. The second kappa shape index (κ2) is 10.3. The number of carbonyl (C=O) groups is 3. The van der Waals surface area contributed by atoms with Crippen LogP contribution in [0.1, 0.15) is 36.1 Å². The minimum Gasteiger partial charge on any atom is -0.322 e. The second-order valence-corrected chi connectivity index (χ2v) is 8.56. The van der Waals surface area contributed by atoms with Gasteiger partial charge in [-0.25, -0.2) is 4.79 Å². The number of aryl methyl sites for hydroxylation is 1. The molecule has 1 aliphatic heterocycles. The molecule has 3 aromatic rings. The molecule has 0 aromatic heterocycles. The van der Waals surface area contributed by atoms with Crippen LogP contribution in [0.5, 0.6) is 0 Å². The van der Waals surface area contributed by atoms with E-state index in [1.807, 2.05) is 91.0 Å². The van der Waals surface area contributed by atoms with Crippen LogP contribution in [0, 0.1) is 0 Å². The van der Waals surface area contributed by atoms with Gasteiger partial charge in [0.2, 0.25) is 0 Å². The third-order valence-corrected chi connectivity index (χ3v) is 5.99. The summed E-state index contributed by atoms with van der Waals surface area (Å²) < 4.78 is 0. The number of hydrogen-bond donors (Lipinski definition) is 3. The van der Waals surface area contributed by atoms with E-state index < -0.39 is 23.4 Å². The van der Waals surface area contributed by atoms with Crippen LogP contribution in [0.25, 0.3) is 0 Å². The number of benzene rings is 3. The summed E-state index contributed by atoms with van der Waals surface area (Å²) >= 11 is 0. The first-order valence-corrected chi connectivity index (χ1v) is 11.3. The van der Waals surface area contributed by atoms with Crippen molar-refractivity contribution in [1.29, 1.82) is 0 Å². The van der Waals surface area contributed by atoms with Crippen molar-refractivity contribution in [3.63, 3.8) is 0 Å². The minimum absolute atomic E-state index is 0.0771. The number of amides is 4. The third kappa shape index (κ3) is 5.32. The summed E-state index contributed by atoms with van der Waals surface area (Å²) in [4.78, 5) is 38.2. The zero-order valence-electron chi connectivity index (χ0n) is 19.0. The predicted molar refractivity (Wildman–Crippen MR) is 129 cm³/mol. The topological polar surface area (TPSA) is 90.5 Å². The minimum atomic E-state index is -1.08. The summed E-state index contributed by atoms with van der Waals surface area (Å²) in [5, 5.41) is 6.75. The number of urea groups is 1. The average Bonchev–Trinajstić information content (AvgIpc) is 3.08. The summed E-state index contributed by atoms with van der Waals surface area (Å²) in [6.45, 7) is 1.60. The van der Waals surface area contributed by atoms with E-state index >= 15 is 0 Å². The molecule has 4 rings (SSSR count). The summed E-state index contributed by atoms with van der Waals surface area (Å²) in [6.07, 6.45) is 1.05. The first kappa shape index (κ1) is 23.2. The number of imide groups is 1. The molecule has 1 atom stereocenters. The van der Waals surface area contributed by atoms with Gasteiger partial charge in [-0.05, 0) is 36.5 Å². The van der Waals surface area contributed by atoms with E-state index in [-0.39, 0.29) is 12.6 Å². The van der Waals surface area contributed by atoms with Crippen molar-refractivity contribution >= 4 is 17.8 Å². The smallest absolute Gasteiger partial charge is 0.322 e. The molecule has 3 N–H and O–H groups in total. The maximum absolute atomic E-state index is 13.0. The molecule has 0 spiro atoms. The van der Waals surface area contributed by atoms with Crippen LogP contribution in [0.3, 0.4) is 0 Å². The maximum Gasteiger partial charge on any atom is 0.344 e. The van der Waals surface area contributed by atoms with Gasteiger partial charge in [0, 0.05) is 0 Å². The van der Waals surface area contributed by atoms with Crippen molar-refractivity contribution in [2.75, 3.05) is 6.54 Å². The quantitative estimate of drug-likeness (QED) is 0.431. The van der Waals surface area contributed by atoms with E-state index in [0.29, 0.717) is 12.8 Å². The molecule has 1 heterocycles. The predicted octanol–water partition coefficient (Wildman–Crippen LogP) is 3.34. The molecular formula is C27H28N4O3. The van der Waals surface area contributed by atoms with E-state index in [1.54, 1.807) is 6.92 Å². The molecule has 0 bridgehead atoms. The van der Waals surface area contributed by atoms with Gasteiger partial charge in [0.25, 0.3) is 11.8 Å². The van der Waals surface area contributed by atoms with Gasteiger partial charge in [0.15, 0.2) is 0 Å². The molecule has 1 aliphatic rings. The Morgan fingerprint density at radius 1 is 0.882 bits per heavy atom. The van der Waals surface area contributed by atoms with Crippen LogP contribution in [-0.2, 0) is 16.0 Å². The van der Waals surface area contributed by atoms with Crippen LogP contribution in [0.2, 0.25) is 0 Å². The van der Waals surface area contributed by atoms with Crippen molar-refractivity contribution in [2.24, 2.45) is 0 Å². The molecule has 0 aliphatic carbocycles. The Hall–Kier alpha value is -3.97. The Bertz CT molecular complexity index is 1100. The molecule has 34 heavy (non-hydrogen) atoms. The summed E-state index contributed by atoms with van der Waals surface area (Å²) in [7, 11) is 0. The van der Waals surface area contributed by atoms with Gasteiger partial charge >= 0.3 is 6.03 Å². The highest BCUT2D eigenvalue weighted by Crippen LogP contribution is 2.23. The fourth-order valence-corrected chi connectivity index (χ4v) is 4.07. The first-order valence-electron chi connectivity index (χ1n) is 11.3. The molecule has 174 valence electrons. The van der Waals surface area contributed by atoms with Crippen molar-refractivity contribution in [3.05, 3.63) is 108 Å². The van der Waals surface area contributed by atoms with Crippen LogP contribution in [0.4, 0.5) is 4.79 Å². The van der Waals surface area contributed by atoms with Crippen molar-refractivity contribution in [1.82, 2.24) is 21.1 Å². The molecule has 1 unspecified atom stereocenters. The highest BCUT2D eigenvalue weighted by Gasteiger charge is 2.48. The normalized spacial score (nSPS) is 17.6. The van der Waals surface area contributed by atoms with Gasteiger partial charge in [0.1, 0.15) is 5.54 Å². The SMILES string of the molecule is CC1(CCc2ccccc2)NC(=O)N(NC(=O)CNC(c2ccccc2)c2ccccc2)C1=O. The fraction of sp³-hybridized carbons (Fsp3) is 0.222. The molecule has 3 aromatic carbocycles. The lowest BCUT2D eigenvalue weighted by Crippen LogP contribution is -2.51. The van der Waals surface area contributed by atoms with E-state index in [0.717, 1.165) is 21.7 Å². The second-order valence-electron chi connectivity index (χ2n) is 8.56. The zero-order chi connectivity index (χ0) is 24.0. The monoisotopic (exact) mass is 456 g/mol. The molecule has 0 saturated carbocycles. The van der Waals surface area contributed by atoms with Crippen LogP contribution in [-0.4, -0.2) is 34.9 Å². The highest BCUT2D eigenvalue weighted by molar-refractivity contribution is 6.07. The lowest BCUT2D eigenvalue weighted by atomic mass is 9.93. The summed E-state index contributed by atoms with van der Waals surface area (Å²) in [6, 6.07) is 28.5. The number of hydrogen-bond acceptors (Lipinski definition) is 4. The third-order valence-electron chi connectivity index (χ3n) is 5.99. The van der Waals surface area contributed by atoms with Crippen molar-refractivity contribution < 1.29 is 14.4 Å². The molecule has 0 radical (unpaired) electrons. The Kier molecular flexibility index (Phi) is 7.04. The van der Waals surface area contributed by atoms with Crippen molar-refractivity contribution in [3.8, 4) is 0 Å². The largest absolute Gasteiger partial charge is 0.344 e. The van der Waals surface area contributed by atoms with E-state index in [1.165, 1.54) is 0 Å². The lowest BCUT2D eigenvalue weighted by Gasteiger charge is -2.22. The number of rotatable bonds is 9. The Balaban J connectivity index is 1.38. The number of nitrogens with zero attached hydrogens (tertiary/aromatic N) is 1. The summed E-state index contributed by atoms with van der Waals surface area (Å²) in [5.74, 6) is -0.947. The fourth-order valence-electron chi connectivity index (χ4n) is 4.07. The van der Waals surface area contributed by atoms with Crippen LogP contribution < -0.4 is 16.1 Å². The Labute approximate surface area is 199 Å². The number of hydrazine groups is 1. The molecule has 4 amide bonds. The standard InChI is InChI=1S/C27H28N4O3/c1-27(18-17-20-11-5-2-6-12-20)25(33)31(26(34)29-27)30-23(32)19-28-24(21-13-7-3-8-14-21)22-15-9-4-10-16-22/h2-16,24,28H,17-19H2,1H3,(H,29,34)(H,30,32). The molecule has 1 saturated heterocycles. The van der Waals surface area contributed by atoms with Gasteiger partial charge in [-0.2, -0.15) is 5.01 Å². The zero-order valence-corrected chi connectivity index (χ0v) is 19.0. The Morgan fingerprint density at radius 2 is 1.41 bits per heavy atom. The maximum atomic E-state index is 13.0. The van der Waals surface area contributed by atoms with Crippen molar-refractivity contribution in [2.45, 2.75) is 31.3 Å². The molecule has 7 nitrogen and oxygen atoms in total. The van der Waals surface area contributed by atoms with Gasteiger partial charge in [-0.3, -0.25) is 20.3 Å². The average molecular weight is 457 g/mol. The van der Waals surface area contributed by atoms with E-state index in [2.05, 4.69) is 16.1 Å². The highest BCUT2D eigenvalue weighted by atomic mass is 16.2. The van der Waals surface area contributed by atoms with Crippen LogP contribution >= 0.6 is 0 Å². The van der Waals surface area contributed by atoms with E-state index in [9.17, 15) is 14.4 Å².